The summed E-state index contributed by atoms with van der Waals surface area (Å²) in [7, 11) is 0. The Morgan fingerprint density at radius 1 is 1.40 bits per heavy atom. The highest BCUT2D eigenvalue weighted by Crippen LogP contribution is 2.39. The molecule has 1 aliphatic heterocycles. The Hall–Kier alpha value is -2.18. The summed E-state index contributed by atoms with van der Waals surface area (Å²) >= 11 is 1.55. The number of hydrogen-bond donors (Lipinski definition) is 2. The normalized spacial score (nSPS) is 13.9. The first-order chi connectivity index (χ1) is 9.74. The third kappa shape index (κ3) is 1.59. The largest absolute Gasteiger partial charge is 0.375 e. The molecule has 2 aromatic heterocycles. The molecule has 0 saturated heterocycles. The van der Waals surface area contributed by atoms with E-state index in [2.05, 4.69) is 28.4 Å². The lowest BCUT2D eigenvalue weighted by Gasteiger charge is -2.18. The Balaban J connectivity index is 1.94. The second-order valence-electron chi connectivity index (χ2n) is 4.78. The van der Waals surface area contributed by atoms with Crippen LogP contribution in [-0.2, 0) is 6.54 Å². The van der Waals surface area contributed by atoms with Crippen LogP contribution in [0.15, 0.2) is 30.5 Å². The molecule has 100 valence electrons. The summed E-state index contributed by atoms with van der Waals surface area (Å²) in [4.78, 5) is 8.88. The fourth-order valence-electron chi connectivity index (χ4n) is 2.60. The van der Waals surface area contributed by atoms with Gasteiger partial charge in [-0.2, -0.15) is 0 Å². The van der Waals surface area contributed by atoms with Gasteiger partial charge >= 0.3 is 0 Å². The van der Waals surface area contributed by atoms with Crippen LogP contribution in [0.1, 0.15) is 11.1 Å². The third-order valence-corrected chi connectivity index (χ3v) is 4.50. The molecule has 5 nitrogen and oxygen atoms in total. The maximum absolute atomic E-state index is 5.86. The van der Waals surface area contributed by atoms with Gasteiger partial charge in [-0.25, -0.2) is 15.4 Å². The Morgan fingerprint density at radius 3 is 3.10 bits per heavy atom. The van der Waals surface area contributed by atoms with Crippen LogP contribution in [0.3, 0.4) is 0 Å². The molecule has 0 atom stereocenters. The summed E-state index contributed by atoms with van der Waals surface area (Å²) in [6, 6.07) is 8.05. The van der Waals surface area contributed by atoms with E-state index in [0.29, 0.717) is 5.13 Å². The summed E-state index contributed by atoms with van der Waals surface area (Å²) in [5, 5.41) is 2.63. The first kappa shape index (κ1) is 11.6. The van der Waals surface area contributed by atoms with Crippen LogP contribution in [0.5, 0.6) is 0 Å². The van der Waals surface area contributed by atoms with Crippen molar-refractivity contribution >= 4 is 38.2 Å². The molecular formula is C14H13N5S. The van der Waals surface area contributed by atoms with Gasteiger partial charge in [0.2, 0.25) is 0 Å². The lowest BCUT2D eigenvalue weighted by Crippen LogP contribution is -2.27. The molecule has 0 unspecified atom stereocenters. The standard InChI is InChI=1S/C14H13N5S/c1-8-6-10-9(12-13(8)20-14(15)18-12)7-17-19(10)11-4-2-3-5-16-11/h2-6,17H,7H2,1H3,(H2,15,18). The van der Waals surface area contributed by atoms with Gasteiger partial charge in [0.1, 0.15) is 5.82 Å². The molecule has 6 heteroatoms. The molecule has 0 aliphatic carbocycles. The molecule has 3 aromatic rings. The van der Waals surface area contributed by atoms with Crippen molar-refractivity contribution in [2.75, 3.05) is 10.7 Å². The molecule has 0 saturated carbocycles. The number of hydrazine groups is 1. The fourth-order valence-corrected chi connectivity index (χ4v) is 3.43. The van der Waals surface area contributed by atoms with Crippen molar-refractivity contribution in [2.24, 2.45) is 0 Å². The van der Waals surface area contributed by atoms with Crippen LogP contribution in [0.4, 0.5) is 16.6 Å². The first-order valence-corrected chi connectivity index (χ1v) is 7.19. The first-order valence-electron chi connectivity index (χ1n) is 6.37. The van der Waals surface area contributed by atoms with Crippen molar-refractivity contribution < 1.29 is 0 Å². The molecule has 0 fully saturated rings. The van der Waals surface area contributed by atoms with Crippen molar-refractivity contribution in [1.82, 2.24) is 15.4 Å². The van der Waals surface area contributed by atoms with Crippen LogP contribution in [0.25, 0.3) is 10.2 Å². The minimum Gasteiger partial charge on any atom is -0.375 e. The van der Waals surface area contributed by atoms with Crippen molar-refractivity contribution in [2.45, 2.75) is 13.5 Å². The SMILES string of the molecule is Cc1cc2c(c3nc(N)sc13)CNN2c1ccccn1. The summed E-state index contributed by atoms with van der Waals surface area (Å²) in [6.07, 6.45) is 1.79. The number of nitrogen functional groups attached to an aromatic ring is 1. The Kier molecular flexibility index (Phi) is 2.42. The Labute approximate surface area is 120 Å². The summed E-state index contributed by atoms with van der Waals surface area (Å²) in [5.41, 5.74) is 13.7. The second kappa shape index (κ2) is 4.16. The monoisotopic (exact) mass is 283 g/mol. The van der Waals surface area contributed by atoms with Crippen LogP contribution in [0.2, 0.25) is 0 Å². The molecule has 0 bridgehead atoms. The van der Waals surface area contributed by atoms with Gasteiger partial charge in [0, 0.05) is 18.3 Å². The summed E-state index contributed by atoms with van der Waals surface area (Å²) in [6.45, 7) is 2.83. The number of anilines is 3. The number of nitrogens with two attached hydrogens (primary N) is 1. The number of aromatic nitrogens is 2. The molecule has 20 heavy (non-hydrogen) atoms. The topological polar surface area (TPSA) is 67.1 Å². The van der Waals surface area contributed by atoms with Crippen LogP contribution < -0.4 is 16.2 Å². The van der Waals surface area contributed by atoms with E-state index in [9.17, 15) is 0 Å². The van der Waals surface area contributed by atoms with E-state index in [-0.39, 0.29) is 0 Å². The third-order valence-electron chi connectivity index (χ3n) is 3.48. The Morgan fingerprint density at radius 2 is 2.30 bits per heavy atom. The molecular weight excluding hydrogens is 270 g/mol. The molecule has 1 aliphatic rings. The van der Waals surface area contributed by atoms with Crippen molar-refractivity contribution in [1.29, 1.82) is 0 Å². The number of nitrogens with one attached hydrogen (secondary N) is 1. The number of pyridine rings is 1. The maximum atomic E-state index is 5.86. The Bertz CT molecular complexity index is 796. The number of hydrogen-bond acceptors (Lipinski definition) is 6. The van der Waals surface area contributed by atoms with Gasteiger partial charge in [0.25, 0.3) is 0 Å². The van der Waals surface area contributed by atoms with Crippen LogP contribution >= 0.6 is 11.3 Å². The number of rotatable bonds is 1. The predicted octanol–water partition coefficient (Wildman–Crippen LogP) is 2.74. The zero-order valence-electron chi connectivity index (χ0n) is 10.9. The van der Waals surface area contributed by atoms with E-state index in [1.165, 1.54) is 15.8 Å². The maximum Gasteiger partial charge on any atom is 0.181 e. The van der Waals surface area contributed by atoms with Gasteiger partial charge in [-0.1, -0.05) is 17.4 Å². The quantitative estimate of drug-likeness (QED) is 0.719. The molecule has 1 aromatic carbocycles. The molecule has 0 spiro atoms. The van der Waals surface area contributed by atoms with E-state index in [1.54, 1.807) is 17.5 Å². The fraction of sp³-hybridized carbons (Fsp3) is 0.143. The summed E-state index contributed by atoms with van der Waals surface area (Å²) < 4.78 is 1.17. The van der Waals surface area contributed by atoms with Gasteiger partial charge in [-0.05, 0) is 30.7 Å². The lowest BCUT2D eigenvalue weighted by atomic mass is 10.1. The van der Waals surface area contributed by atoms with Gasteiger partial charge in [0.05, 0.1) is 15.9 Å². The highest BCUT2D eigenvalue weighted by Gasteiger charge is 2.25. The number of benzene rings is 1. The average molecular weight is 283 g/mol. The van der Waals surface area contributed by atoms with E-state index >= 15 is 0 Å². The zero-order chi connectivity index (χ0) is 13.7. The van der Waals surface area contributed by atoms with Gasteiger partial charge in [-0.3, -0.25) is 5.01 Å². The lowest BCUT2D eigenvalue weighted by molar-refractivity contribution is 0.756. The smallest absolute Gasteiger partial charge is 0.181 e. The van der Waals surface area contributed by atoms with Crippen molar-refractivity contribution in [3.8, 4) is 0 Å². The molecule has 0 amide bonds. The minimum atomic E-state index is 0.618. The zero-order valence-corrected chi connectivity index (χ0v) is 11.7. The molecule has 3 N–H and O–H groups in total. The number of fused-ring (bicyclic) bond motifs is 3. The van der Waals surface area contributed by atoms with Gasteiger partial charge < -0.3 is 5.73 Å². The van der Waals surface area contributed by atoms with E-state index in [4.69, 9.17) is 5.73 Å². The van der Waals surface area contributed by atoms with Crippen LogP contribution in [-0.4, -0.2) is 9.97 Å². The van der Waals surface area contributed by atoms with Crippen molar-refractivity contribution in [3.05, 3.63) is 41.6 Å². The second-order valence-corrected chi connectivity index (χ2v) is 5.81. The molecule has 0 radical (unpaired) electrons. The number of aryl methyl sites for hydroxylation is 1. The number of thiazole rings is 1. The van der Waals surface area contributed by atoms with Crippen molar-refractivity contribution in [3.63, 3.8) is 0 Å². The molecule has 4 rings (SSSR count). The molecule has 3 heterocycles. The van der Waals surface area contributed by atoms with E-state index < -0.39 is 0 Å². The van der Waals surface area contributed by atoms with Gasteiger partial charge in [0.15, 0.2) is 5.13 Å². The van der Waals surface area contributed by atoms with Gasteiger partial charge in [-0.15, -0.1) is 0 Å². The highest BCUT2D eigenvalue weighted by atomic mass is 32.1. The highest BCUT2D eigenvalue weighted by molar-refractivity contribution is 7.22. The summed E-state index contributed by atoms with van der Waals surface area (Å²) in [5.74, 6) is 0.883. The van der Waals surface area contributed by atoms with Crippen LogP contribution in [0, 0.1) is 6.92 Å². The van der Waals surface area contributed by atoms with E-state index in [1.807, 2.05) is 23.2 Å². The number of nitrogens with zero attached hydrogens (tertiary/aromatic N) is 3. The predicted molar refractivity (Wildman–Crippen MR) is 82.0 cm³/mol. The van der Waals surface area contributed by atoms with E-state index in [0.717, 1.165) is 23.6 Å². The minimum absolute atomic E-state index is 0.618. The average Bonchev–Trinajstić information content (AvgIpc) is 3.03.